The Morgan fingerprint density at radius 2 is 1.05 bits per heavy atom. The molecule has 0 spiro atoms. The maximum atomic E-state index is 2.47. The summed E-state index contributed by atoms with van der Waals surface area (Å²) < 4.78 is 2.64. The number of para-hydroxylation sites is 1. The molecule has 0 aliphatic heterocycles. The number of thiophene rings is 1. The summed E-state index contributed by atoms with van der Waals surface area (Å²) in [6, 6.07) is 69.5. The van der Waals surface area contributed by atoms with Gasteiger partial charge in [-0.05, 0) is 127 Å². The van der Waals surface area contributed by atoms with Crippen LogP contribution in [0.5, 0.6) is 0 Å². The number of fused-ring (bicyclic) bond motifs is 9. The van der Waals surface area contributed by atoms with Crippen LogP contribution in [0.15, 0.2) is 188 Å². The topological polar surface area (TPSA) is 3.24 Å². The summed E-state index contributed by atoms with van der Waals surface area (Å²) in [6.07, 6.45) is 0. The molecule has 0 fully saturated rings. The number of anilines is 3. The average molecular weight is 720 g/mol. The van der Waals surface area contributed by atoms with Crippen molar-refractivity contribution in [2.24, 2.45) is 0 Å². The van der Waals surface area contributed by atoms with Crippen LogP contribution in [0.25, 0.3) is 75.1 Å². The van der Waals surface area contributed by atoms with Gasteiger partial charge in [-0.15, -0.1) is 11.3 Å². The molecule has 0 radical (unpaired) electrons. The van der Waals surface area contributed by atoms with Crippen molar-refractivity contribution in [2.45, 2.75) is 19.3 Å². The number of hydrogen-bond acceptors (Lipinski definition) is 2. The van der Waals surface area contributed by atoms with Crippen LogP contribution in [0.1, 0.15) is 25.0 Å². The van der Waals surface area contributed by atoms with Gasteiger partial charge in [0.25, 0.3) is 0 Å². The molecule has 260 valence electrons. The van der Waals surface area contributed by atoms with E-state index >= 15 is 0 Å². The number of rotatable bonds is 5. The van der Waals surface area contributed by atoms with Crippen molar-refractivity contribution in [3.63, 3.8) is 0 Å². The zero-order valence-corrected chi connectivity index (χ0v) is 31.6. The van der Waals surface area contributed by atoms with Gasteiger partial charge >= 0.3 is 0 Å². The Hall–Kier alpha value is -6.48. The van der Waals surface area contributed by atoms with Crippen LogP contribution in [0, 0.1) is 0 Å². The second-order valence-corrected chi connectivity index (χ2v) is 16.4. The van der Waals surface area contributed by atoms with Gasteiger partial charge in [-0.1, -0.05) is 141 Å². The lowest BCUT2D eigenvalue weighted by molar-refractivity contribution is 0.660. The van der Waals surface area contributed by atoms with Crippen molar-refractivity contribution in [1.29, 1.82) is 0 Å². The quantitative estimate of drug-likeness (QED) is 0.171. The predicted octanol–water partition coefficient (Wildman–Crippen LogP) is 15.5. The fourth-order valence-electron chi connectivity index (χ4n) is 9.03. The van der Waals surface area contributed by atoms with Crippen molar-refractivity contribution in [3.8, 4) is 33.4 Å². The van der Waals surface area contributed by atoms with Gasteiger partial charge in [-0.25, -0.2) is 0 Å². The molecule has 11 rings (SSSR count). The van der Waals surface area contributed by atoms with Gasteiger partial charge in [-0.3, -0.25) is 0 Å². The van der Waals surface area contributed by atoms with E-state index in [1.165, 1.54) is 86.2 Å². The van der Waals surface area contributed by atoms with Crippen molar-refractivity contribution in [2.75, 3.05) is 4.90 Å². The van der Waals surface area contributed by atoms with E-state index in [2.05, 4.69) is 207 Å². The lowest BCUT2D eigenvalue weighted by Gasteiger charge is -2.26. The van der Waals surface area contributed by atoms with Crippen molar-refractivity contribution in [1.82, 2.24) is 0 Å². The van der Waals surface area contributed by atoms with E-state index in [9.17, 15) is 0 Å². The van der Waals surface area contributed by atoms with Crippen LogP contribution < -0.4 is 4.90 Å². The molecular weight excluding hydrogens is 683 g/mol. The smallest absolute Gasteiger partial charge is 0.0468 e. The molecular formula is C53H37NS. The van der Waals surface area contributed by atoms with E-state index < -0.39 is 0 Å². The molecule has 0 saturated carbocycles. The van der Waals surface area contributed by atoms with Gasteiger partial charge in [0.2, 0.25) is 0 Å². The van der Waals surface area contributed by atoms with Crippen LogP contribution in [0.4, 0.5) is 17.1 Å². The molecule has 0 N–H and O–H groups in total. The van der Waals surface area contributed by atoms with Gasteiger partial charge in [-0.2, -0.15) is 0 Å². The van der Waals surface area contributed by atoms with E-state index in [-0.39, 0.29) is 5.41 Å². The van der Waals surface area contributed by atoms with Gasteiger partial charge in [0.15, 0.2) is 0 Å². The van der Waals surface area contributed by atoms with Crippen LogP contribution >= 0.6 is 11.3 Å². The number of nitrogens with zero attached hydrogens (tertiary/aromatic N) is 1. The highest BCUT2D eigenvalue weighted by molar-refractivity contribution is 7.26. The summed E-state index contributed by atoms with van der Waals surface area (Å²) in [5.41, 5.74) is 13.8. The average Bonchev–Trinajstić information content (AvgIpc) is 3.73. The summed E-state index contributed by atoms with van der Waals surface area (Å²) in [5, 5.41) is 7.71. The molecule has 0 atom stereocenters. The Bertz CT molecular complexity index is 3110. The summed E-state index contributed by atoms with van der Waals surface area (Å²) >= 11 is 1.91. The molecule has 0 saturated heterocycles. The van der Waals surface area contributed by atoms with Gasteiger partial charge in [0.05, 0.1) is 0 Å². The monoisotopic (exact) mass is 719 g/mol. The molecule has 1 aliphatic rings. The fraction of sp³-hybridized carbons (Fsp3) is 0.0566. The first kappa shape index (κ1) is 32.0. The number of benzene rings is 9. The largest absolute Gasteiger partial charge is 0.310 e. The molecule has 9 aromatic carbocycles. The van der Waals surface area contributed by atoms with Crippen LogP contribution in [0.3, 0.4) is 0 Å². The Labute approximate surface area is 325 Å². The molecule has 0 unspecified atom stereocenters. The summed E-state index contributed by atoms with van der Waals surface area (Å²) in [7, 11) is 0. The Morgan fingerprint density at radius 1 is 0.400 bits per heavy atom. The zero-order chi connectivity index (χ0) is 36.7. The first-order valence-corrected chi connectivity index (χ1v) is 19.9. The summed E-state index contributed by atoms with van der Waals surface area (Å²) in [6.45, 7) is 4.74. The predicted molar refractivity (Wildman–Crippen MR) is 237 cm³/mol. The highest BCUT2D eigenvalue weighted by atomic mass is 32.1. The second-order valence-electron chi connectivity index (χ2n) is 15.3. The third-order valence-electron chi connectivity index (χ3n) is 11.8. The molecule has 1 aliphatic carbocycles. The third kappa shape index (κ3) is 5.06. The van der Waals surface area contributed by atoms with E-state index in [0.717, 1.165) is 17.1 Å². The molecule has 10 aromatic rings. The van der Waals surface area contributed by atoms with Crippen molar-refractivity contribution < 1.29 is 0 Å². The van der Waals surface area contributed by atoms with E-state index in [0.29, 0.717) is 0 Å². The normalized spacial score (nSPS) is 13.1. The molecule has 0 bridgehead atoms. The molecule has 0 amide bonds. The Balaban J connectivity index is 1.09. The highest BCUT2D eigenvalue weighted by Crippen LogP contribution is 2.51. The molecule has 1 nitrogen and oxygen atoms in total. The van der Waals surface area contributed by atoms with Gasteiger partial charge in [0.1, 0.15) is 0 Å². The first-order chi connectivity index (χ1) is 27.0. The van der Waals surface area contributed by atoms with Crippen molar-refractivity contribution >= 4 is 70.1 Å². The maximum Gasteiger partial charge on any atom is 0.0468 e. The lowest BCUT2D eigenvalue weighted by Crippen LogP contribution is -2.14. The second kappa shape index (κ2) is 12.3. The summed E-state index contributed by atoms with van der Waals surface area (Å²) in [4.78, 5) is 2.39. The highest BCUT2D eigenvalue weighted by Gasteiger charge is 2.35. The van der Waals surface area contributed by atoms with Crippen LogP contribution in [-0.2, 0) is 5.41 Å². The van der Waals surface area contributed by atoms with Gasteiger partial charge in [0, 0.05) is 42.6 Å². The maximum absolute atomic E-state index is 2.47. The van der Waals surface area contributed by atoms with Crippen molar-refractivity contribution in [3.05, 3.63) is 199 Å². The minimum Gasteiger partial charge on any atom is -0.310 e. The van der Waals surface area contributed by atoms with E-state index in [4.69, 9.17) is 0 Å². The first-order valence-electron chi connectivity index (χ1n) is 19.1. The molecule has 1 aromatic heterocycles. The van der Waals surface area contributed by atoms with Crippen LogP contribution in [0.2, 0.25) is 0 Å². The number of hydrogen-bond donors (Lipinski definition) is 0. The summed E-state index contributed by atoms with van der Waals surface area (Å²) in [5.74, 6) is 0. The standard InChI is InChI=1S/C53H37NS/c1-53(2)48-19-11-10-18-44(48)45-28-24-39(32-49(45)53)46-31-38-14-8-9-17-43(38)52-51(46)47-33-42(27-29-50(47)55-52)54(40-15-4-3-5-16-40)41-25-22-35(23-26-41)37-21-20-34-12-6-7-13-36(34)30-37/h3-33H,1-2H3. The Morgan fingerprint density at radius 3 is 1.91 bits per heavy atom. The molecule has 1 heterocycles. The van der Waals surface area contributed by atoms with E-state index in [1.807, 2.05) is 11.3 Å². The third-order valence-corrected chi connectivity index (χ3v) is 13.0. The fourth-order valence-corrected chi connectivity index (χ4v) is 10.3. The lowest BCUT2D eigenvalue weighted by atomic mass is 9.81. The minimum absolute atomic E-state index is 0.0676. The van der Waals surface area contributed by atoms with E-state index in [1.54, 1.807) is 0 Å². The minimum atomic E-state index is -0.0676. The molecule has 2 heteroatoms. The zero-order valence-electron chi connectivity index (χ0n) is 30.8. The molecule has 55 heavy (non-hydrogen) atoms. The van der Waals surface area contributed by atoms with Gasteiger partial charge < -0.3 is 4.90 Å². The Kier molecular flexibility index (Phi) is 7.14. The SMILES string of the molecule is CC1(C)c2ccccc2-c2ccc(-c3cc4ccccc4c4sc5ccc(N(c6ccccc6)c6ccc(-c7ccc8ccccc8c7)cc6)cc5c34)cc21. The van der Waals surface area contributed by atoms with Crippen LogP contribution in [-0.4, -0.2) is 0 Å².